The molecule has 0 spiro atoms. The van der Waals surface area contributed by atoms with Gasteiger partial charge in [0.2, 0.25) is 11.8 Å². The second-order valence-electron chi connectivity index (χ2n) is 9.79. The van der Waals surface area contributed by atoms with E-state index in [1.165, 1.54) is 0 Å². The van der Waals surface area contributed by atoms with Crippen LogP contribution in [0.3, 0.4) is 0 Å². The molecular formula is C31H33N7O2. The van der Waals surface area contributed by atoms with Gasteiger partial charge < -0.3 is 15.6 Å². The van der Waals surface area contributed by atoms with Crippen LogP contribution in [0.4, 0.5) is 0 Å². The zero-order valence-corrected chi connectivity index (χ0v) is 22.5. The van der Waals surface area contributed by atoms with Gasteiger partial charge in [-0.1, -0.05) is 43.2 Å². The van der Waals surface area contributed by atoms with E-state index in [1.54, 1.807) is 25.6 Å². The fraction of sp³-hybridized carbons (Fsp3) is 0.258. The lowest BCUT2D eigenvalue weighted by atomic mass is 10.1. The maximum atomic E-state index is 13.1. The maximum absolute atomic E-state index is 13.1. The molecule has 5 rings (SSSR count). The Balaban J connectivity index is 1.27. The number of amides is 2. The highest BCUT2D eigenvalue weighted by atomic mass is 16.2. The number of aromatic amines is 1. The lowest BCUT2D eigenvalue weighted by Gasteiger charge is -2.17. The third-order valence-electron chi connectivity index (χ3n) is 6.90. The molecule has 204 valence electrons. The minimum Gasteiger partial charge on any atom is -0.359 e. The number of imidazole rings is 1. The third kappa shape index (κ3) is 6.79. The van der Waals surface area contributed by atoms with Crippen LogP contribution >= 0.6 is 0 Å². The molecule has 0 fully saturated rings. The summed E-state index contributed by atoms with van der Waals surface area (Å²) in [5.41, 5.74) is 4.60. The van der Waals surface area contributed by atoms with E-state index in [0.29, 0.717) is 18.7 Å². The number of carbonyl (C=O) groups excluding carboxylic acids is 2. The van der Waals surface area contributed by atoms with Gasteiger partial charge in [-0.3, -0.25) is 14.6 Å². The standard InChI is InChI=1S/C31H33N7O2/c1-32-29(39)11-4-2-3-10-27(36-30(40)19-22-18-24-8-5-6-9-26(24)33-20-22)31-34-21-28(37-31)23-12-14-25(15-13-23)38-17-7-16-35-38/h5-9,12-18,20-21,27H,2-4,10-11,19H2,1H3,(H,32,39)(H,34,37)(H,36,40). The zero-order chi connectivity index (χ0) is 27.7. The largest absolute Gasteiger partial charge is 0.359 e. The molecule has 0 saturated heterocycles. The van der Waals surface area contributed by atoms with E-state index < -0.39 is 0 Å². The van der Waals surface area contributed by atoms with Crippen LogP contribution in [0.2, 0.25) is 0 Å². The van der Waals surface area contributed by atoms with Crippen LogP contribution in [0, 0.1) is 0 Å². The Morgan fingerprint density at radius 1 is 0.950 bits per heavy atom. The summed E-state index contributed by atoms with van der Waals surface area (Å²) in [6, 6.07) is 19.5. The number of para-hydroxylation sites is 1. The van der Waals surface area contributed by atoms with Crippen molar-refractivity contribution in [3.05, 3.63) is 96.8 Å². The lowest BCUT2D eigenvalue weighted by Crippen LogP contribution is -2.30. The summed E-state index contributed by atoms with van der Waals surface area (Å²) in [7, 11) is 1.65. The van der Waals surface area contributed by atoms with Crippen molar-refractivity contribution in [2.45, 2.75) is 44.6 Å². The van der Waals surface area contributed by atoms with Crippen molar-refractivity contribution in [3.63, 3.8) is 0 Å². The highest BCUT2D eigenvalue weighted by Crippen LogP contribution is 2.24. The quantitative estimate of drug-likeness (QED) is 0.196. The van der Waals surface area contributed by atoms with Crippen molar-refractivity contribution in [2.75, 3.05) is 7.05 Å². The number of H-pyrrole nitrogens is 1. The number of hydrogen-bond acceptors (Lipinski definition) is 5. The van der Waals surface area contributed by atoms with Gasteiger partial charge >= 0.3 is 0 Å². The number of hydrogen-bond donors (Lipinski definition) is 3. The van der Waals surface area contributed by atoms with E-state index in [1.807, 2.05) is 71.5 Å². The summed E-state index contributed by atoms with van der Waals surface area (Å²) >= 11 is 0. The topological polar surface area (TPSA) is 118 Å². The van der Waals surface area contributed by atoms with Crippen LogP contribution in [0.25, 0.3) is 27.8 Å². The van der Waals surface area contributed by atoms with Crippen LogP contribution < -0.4 is 10.6 Å². The van der Waals surface area contributed by atoms with Crippen LogP contribution in [0.1, 0.15) is 49.5 Å². The molecule has 3 heterocycles. The predicted octanol–water partition coefficient (Wildman–Crippen LogP) is 4.91. The van der Waals surface area contributed by atoms with Gasteiger partial charge in [0.1, 0.15) is 5.82 Å². The van der Waals surface area contributed by atoms with Crippen molar-refractivity contribution < 1.29 is 9.59 Å². The smallest absolute Gasteiger partial charge is 0.225 e. The molecule has 2 aromatic carbocycles. The summed E-state index contributed by atoms with van der Waals surface area (Å²) in [4.78, 5) is 37.2. The van der Waals surface area contributed by atoms with Crippen molar-refractivity contribution in [1.29, 1.82) is 0 Å². The Morgan fingerprint density at radius 3 is 2.60 bits per heavy atom. The number of benzene rings is 2. The number of aromatic nitrogens is 5. The van der Waals surface area contributed by atoms with Gasteiger partial charge in [0.15, 0.2) is 0 Å². The summed E-state index contributed by atoms with van der Waals surface area (Å²) in [6.07, 6.45) is 11.2. The molecule has 0 aliphatic heterocycles. The van der Waals surface area contributed by atoms with Crippen LogP contribution in [0.15, 0.2) is 85.5 Å². The Labute approximate surface area is 233 Å². The minimum absolute atomic E-state index is 0.0445. The molecule has 1 unspecified atom stereocenters. The van der Waals surface area contributed by atoms with E-state index in [2.05, 4.69) is 30.7 Å². The van der Waals surface area contributed by atoms with Gasteiger partial charge in [0.25, 0.3) is 0 Å². The zero-order valence-electron chi connectivity index (χ0n) is 22.5. The van der Waals surface area contributed by atoms with E-state index in [9.17, 15) is 9.59 Å². The van der Waals surface area contributed by atoms with Crippen molar-refractivity contribution >= 4 is 22.7 Å². The Hall–Kier alpha value is -4.79. The molecule has 0 bridgehead atoms. The molecule has 1 atom stereocenters. The number of nitrogens with zero attached hydrogens (tertiary/aromatic N) is 4. The van der Waals surface area contributed by atoms with Gasteiger partial charge in [0.05, 0.1) is 35.6 Å². The number of rotatable bonds is 12. The van der Waals surface area contributed by atoms with E-state index in [0.717, 1.165) is 52.7 Å². The number of pyridine rings is 1. The average Bonchev–Trinajstić information content (AvgIpc) is 3.70. The van der Waals surface area contributed by atoms with E-state index in [4.69, 9.17) is 0 Å². The molecule has 0 aliphatic rings. The van der Waals surface area contributed by atoms with Gasteiger partial charge in [-0.05, 0) is 54.3 Å². The average molecular weight is 536 g/mol. The van der Waals surface area contributed by atoms with Crippen molar-refractivity contribution in [3.8, 4) is 16.9 Å². The van der Waals surface area contributed by atoms with Crippen LogP contribution in [0.5, 0.6) is 0 Å². The predicted molar refractivity (Wildman–Crippen MR) is 155 cm³/mol. The highest BCUT2D eigenvalue weighted by molar-refractivity contribution is 5.82. The molecule has 3 N–H and O–H groups in total. The number of nitrogens with one attached hydrogen (secondary N) is 3. The van der Waals surface area contributed by atoms with Gasteiger partial charge in [-0.2, -0.15) is 5.10 Å². The number of unbranched alkanes of at least 4 members (excludes halogenated alkanes) is 2. The van der Waals surface area contributed by atoms with Gasteiger partial charge in [0, 0.05) is 37.4 Å². The highest BCUT2D eigenvalue weighted by Gasteiger charge is 2.19. The third-order valence-corrected chi connectivity index (χ3v) is 6.90. The second kappa shape index (κ2) is 12.8. The fourth-order valence-electron chi connectivity index (χ4n) is 4.73. The molecule has 0 radical (unpaired) electrons. The normalized spacial score (nSPS) is 11.8. The summed E-state index contributed by atoms with van der Waals surface area (Å²) in [5, 5.41) is 11.1. The minimum atomic E-state index is -0.280. The molecule has 5 aromatic rings. The summed E-state index contributed by atoms with van der Waals surface area (Å²) < 4.78 is 1.81. The summed E-state index contributed by atoms with van der Waals surface area (Å²) in [6.45, 7) is 0. The van der Waals surface area contributed by atoms with E-state index in [-0.39, 0.29) is 24.3 Å². The first-order chi connectivity index (χ1) is 19.6. The Kier molecular flexibility index (Phi) is 8.60. The number of fused-ring (bicyclic) bond motifs is 1. The second-order valence-corrected chi connectivity index (χ2v) is 9.79. The van der Waals surface area contributed by atoms with Crippen LogP contribution in [-0.2, 0) is 16.0 Å². The maximum Gasteiger partial charge on any atom is 0.225 e. The molecule has 0 saturated carbocycles. The first kappa shape index (κ1) is 26.8. The molecule has 9 heteroatoms. The van der Waals surface area contributed by atoms with Crippen molar-refractivity contribution in [1.82, 2.24) is 35.4 Å². The molecule has 2 amide bonds. The van der Waals surface area contributed by atoms with Crippen LogP contribution in [-0.4, -0.2) is 43.6 Å². The molecule has 9 nitrogen and oxygen atoms in total. The molecule has 3 aromatic heterocycles. The van der Waals surface area contributed by atoms with Gasteiger partial charge in [-0.25, -0.2) is 9.67 Å². The summed E-state index contributed by atoms with van der Waals surface area (Å²) in [5.74, 6) is 0.666. The SMILES string of the molecule is CNC(=O)CCCCCC(NC(=O)Cc1cnc2ccccc2c1)c1ncc(-c2ccc(-n3cccn3)cc2)[nH]1. The lowest BCUT2D eigenvalue weighted by molar-refractivity contribution is -0.121. The monoisotopic (exact) mass is 535 g/mol. The Bertz CT molecular complexity index is 1560. The molecule has 40 heavy (non-hydrogen) atoms. The van der Waals surface area contributed by atoms with Gasteiger partial charge in [-0.15, -0.1) is 0 Å². The molecule has 0 aliphatic carbocycles. The van der Waals surface area contributed by atoms with E-state index >= 15 is 0 Å². The first-order valence-corrected chi connectivity index (χ1v) is 13.6. The molecular weight excluding hydrogens is 502 g/mol. The first-order valence-electron chi connectivity index (χ1n) is 13.6. The number of carbonyl (C=O) groups is 2. The fourth-order valence-corrected chi connectivity index (χ4v) is 4.73. The Morgan fingerprint density at radius 2 is 1.80 bits per heavy atom. The van der Waals surface area contributed by atoms with Crippen molar-refractivity contribution in [2.24, 2.45) is 0 Å².